The van der Waals surface area contributed by atoms with Crippen molar-refractivity contribution in [2.45, 2.75) is 104 Å². The Labute approximate surface area is 223 Å². The highest BCUT2D eigenvalue weighted by Crippen LogP contribution is 2.37. The summed E-state index contributed by atoms with van der Waals surface area (Å²) in [4.78, 5) is 48.5. The predicted molar refractivity (Wildman–Crippen MR) is 138 cm³/mol. The molecular formula is C27H41NO10. The summed E-state index contributed by atoms with van der Waals surface area (Å²) in [6.45, 7) is 11.9. The molecule has 38 heavy (non-hydrogen) atoms. The SMILES string of the molecule is CCCCCC(=O)OC(C)C(C)C(c1ccc(OC(=O)OC(C)C)c(OC(=O)OC(C)C)c1)[C@H](N)C(=O)O. The number of benzene rings is 1. The van der Waals surface area contributed by atoms with E-state index in [1.807, 2.05) is 6.92 Å². The fourth-order valence-electron chi connectivity index (χ4n) is 3.69. The van der Waals surface area contributed by atoms with Crippen molar-refractivity contribution in [3.8, 4) is 11.5 Å². The van der Waals surface area contributed by atoms with E-state index in [1.54, 1.807) is 41.5 Å². The average molecular weight is 540 g/mol. The number of aliphatic carboxylic acids is 1. The van der Waals surface area contributed by atoms with Gasteiger partial charge in [-0.15, -0.1) is 0 Å². The van der Waals surface area contributed by atoms with E-state index in [0.29, 0.717) is 12.0 Å². The molecule has 214 valence electrons. The molecule has 1 rings (SSSR count). The number of unbranched alkanes of at least 4 members (excludes halogenated alkanes) is 2. The highest BCUT2D eigenvalue weighted by molar-refractivity contribution is 5.75. The van der Waals surface area contributed by atoms with E-state index in [9.17, 15) is 24.3 Å². The topological polar surface area (TPSA) is 161 Å². The second kappa shape index (κ2) is 15.8. The van der Waals surface area contributed by atoms with Gasteiger partial charge >= 0.3 is 24.2 Å². The zero-order chi connectivity index (χ0) is 29.0. The van der Waals surface area contributed by atoms with E-state index >= 15 is 0 Å². The molecule has 3 N–H and O–H groups in total. The summed E-state index contributed by atoms with van der Waals surface area (Å²) in [7, 11) is 0. The maximum absolute atomic E-state index is 12.3. The van der Waals surface area contributed by atoms with Crippen molar-refractivity contribution in [2.24, 2.45) is 11.7 Å². The highest BCUT2D eigenvalue weighted by Gasteiger charge is 2.36. The lowest BCUT2D eigenvalue weighted by Gasteiger charge is -2.32. The first-order valence-corrected chi connectivity index (χ1v) is 12.8. The molecule has 0 fully saturated rings. The largest absolute Gasteiger partial charge is 0.514 e. The number of carbonyl (C=O) groups excluding carboxylic acids is 3. The first-order valence-electron chi connectivity index (χ1n) is 12.8. The molecular weight excluding hydrogens is 498 g/mol. The Kier molecular flexibility index (Phi) is 13.6. The Hall–Kier alpha value is -3.34. The molecule has 0 heterocycles. The molecule has 0 saturated heterocycles. The van der Waals surface area contributed by atoms with Crippen molar-refractivity contribution in [1.29, 1.82) is 0 Å². The average Bonchev–Trinajstić information content (AvgIpc) is 2.79. The summed E-state index contributed by atoms with van der Waals surface area (Å²) in [5.74, 6) is -3.42. The summed E-state index contributed by atoms with van der Waals surface area (Å²) in [5.41, 5.74) is 6.43. The number of rotatable bonds is 14. The smallest absolute Gasteiger partial charge is 0.480 e. The van der Waals surface area contributed by atoms with Gasteiger partial charge in [0.25, 0.3) is 0 Å². The van der Waals surface area contributed by atoms with E-state index in [0.717, 1.165) is 12.8 Å². The summed E-state index contributed by atoms with van der Waals surface area (Å²) in [6, 6.07) is 2.79. The Balaban J connectivity index is 3.37. The Morgan fingerprint density at radius 3 is 1.89 bits per heavy atom. The number of carboxylic acid groups (broad SMARTS) is 1. The van der Waals surface area contributed by atoms with Gasteiger partial charge in [0, 0.05) is 18.3 Å². The van der Waals surface area contributed by atoms with Crippen LogP contribution in [-0.4, -0.2) is 53.7 Å². The second-order valence-corrected chi connectivity index (χ2v) is 9.64. The number of carbonyl (C=O) groups is 4. The summed E-state index contributed by atoms with van der Waals surface area (Å²) in [5, 5.41) is 9.72. The van der Waals surface area contributed by atoms with Gasteiger partial charge in [-0.1, -0.05) is 32.8 Å². The molecule has 11 nitrogen and oxygen atoms in total. The van der Waals surface area contributed by atoms with Gasteiger partial charge in [0.2, 0.25) is 0 Å². The van der Waals surface area contributed by atoms with Gasteiger partial charge in [0.05, 0.1) is 12.2 Å². The molecule has 1 aromatic carbocycles. The van der Waals surface area contributed by atoms with Crippen LogP contribution in [0, 0.1) is 5.92 Å². The van der Waals surface area contributed by atoms with Crippen LogP contribution in [0.15, 0.2) is 18.2 Å². The van der Waals surface area contributed by atoms with E-state index < -0.39 is 54.5 Å². The molecule has 1 aromatic rings. The van der Waals surface area contributed by atoms with Crippen molar-refractivity contribution in [1.82, 2.24) is 0 Å². The van der Waals surface area contributed by atoms with Gasteiger partial charge in [0.1, 0.15) is 12.1 Å². The third-order valence-corrected chi connectivity index (χ3v) is 5.68. The molecule has 0 aliphatic heterocycles. The van der Waals surface area contributed by atoms with Crippen molar-refractivity contribution >= 4 is 24.2 Å². The minimum atomic E-state index is -1.39. The molecule has 0 spiro atoms. The summed E-state index contributed by atoms with van der Waals surface area (Å²) in [6.07, 6.45) is -0.884. The molecule has 0 aliphatic rings. The number of ether oxygens (including phenoxy) is 5. The highest BCUT2D eigenvalue weighted by atomic mass is 16.7. The standard InChI is InChI=1S/C27H41NO10/c1-8-9-10-11-22(29)36-18(7)17(6)23(24(28)25(30)31)19-12-13-20(37-26(32)34-15(2)3)21(14-19)38-27(33)35-16(4)5/h12-18,23-24H,8-11,28H2,1-7H3,(H,30,31)/t17?,18?,23?,24-/m0/s1. The fourth-order valence-corrected chi connectivity index (χ4v) is 3.69. The zero-order valence-corrected chi connectivity index (χ0v) is 23.2. The van der Waals surface area contributed by atoms with Crippen LogP contribution in [0.3, 0.4) is 0 Å². The van der Waals surface area contributed by atoms with Crippen molar-refractivity contribution in [2.75, 3.05) is 0 Å². The maximum atomic E-state index is 12.3. The molecule has 4 atom stereocenters. The van der Waals surface area contributed by atoms with E-state index in [4.69, 9.17) is 29.4 Å². The van der Waals surface area contributed by atoms with Crippen molar-refractivity contribution in [3.63, 3.8) is 0 Å². The van der Waals surface area contributed by atoms with Crippen LogP contribution in [-0.2, 0) is 23.8 Å². The fraction of sp³-hybridized carbons (Fsp3) is 0.630. The van der Waals surface area contributed by atoms with Crippen LogP contribution >= 0.6 is 0 Å². The molecule has 0 amide bonds. The first-order chi connectivity index (χ1) is 17.8. The Morgan fingerprint density at radius 1 is 0.842 bits per heavy atom. The van der Waals surface area contributed by atoms with E-state index in [1.165, 1.54) is 18.2 Å². The molecule has 0 radical (unpaired) electrons. The summed E-state index contributed by atoms with van der Waals surface area (Å²) >= 11 is 0. The molecule has 0 aliphatic carbocycles. The molecule has 0 saturated carbocycles. The first kappa shape index (κ1) is 32.7. The monoisotopic (exact) mass is 539 g/mol. The van der Waals surface area contributed by atoms with Crippen molar-refractivity contribution in [3.05, 3.63) is 23.8 Å². The second-order valence-electron chi connectivity index (χ2n) is 9.64. The van der Waals surface area contributed by atoms with Crippen LogP contribution < -0.4 is 15.2 Å². The minimum Gasteiger partial charge on any atom is -0.480 e. The maximum Gasteiger partial charge on any atom is 0.514 e. The molecule has 3 unspecified atom stereocenters. The Bertz CT molecular complexity index is 946. The number of hydrogen-bond acceptors (Lipinski definition) is 10. The number of carboxylic acids is 1. The third kappa shape index (κ3) is 11.0. The van der Waals surface area contributed by atoms with Crippen LogP contribution in [0.1, 0.15) is 85.6 Å². The molecule has 0 bridgehead atoms. The van der Waals surface area contributed by atoms with E-state index in [-0.39, 0.29) is 23.9 Å². The Morgan fingerprint density at radius 2 is 1.39 bits per heavy atom. The van der Waals surface area contributed by atoms with Gasteiger partial charge in [0.15, 0.2) is 11.5 Å². The van der Waals surface area contributed by atoms with Gasteiger partial charge in [-0.3, -0.25) is 9.59 Å². The van der Waals surface area contributed by atoms with Crippen LogP contribution in [0.25, 0.3) is 0 Å². The lowest BCUT2D eigenvalue weighted by molar-refractivity contribution is -0.151. The van der Waals surface area contributed by atoms with Gasteiger partial charge in [-0.05, 0) is 58.7 Å². The van der Waals surface area contributed by atoms with Crippen molar-refractivity contribution < 1.29 is 48.0 Å². The number of hydrogen-bond donors (Lipinski definition) is 2. The number of nitrogens with two attached hydrogens (primary N) is 1. The number of esters is 1. The quantitative estimate of drug-likeness (QED) is 0.139. The van der Waals surface area contributed by atoms with Crippen LogP contribution in [0.5, 0.6) is 11.5 Å². The van der Waals surface area contributed by atoms with Gasteiger partial charge in [-0.2, -0.15) is 0 Å². The van der Waals surface area contributed by atoms with Crippen LogP contribution in [0.4, 0.5) is 9.59 Å². The zero-order valence-electron chi connectivity index (χ0n) is 23.2. The third-order valence-electron chi connectivity index (χ3n) is 5.68. The lowest BCUT2D eigenvalue weighted by atomic mass is 9.79. The predicted octanol–water partition coefficient (Wildman–Crippen LogP) is 5.18. The normalized spacial score (nSPS) is 14.3. The van der Waals surface area contributed by atoms with Gasteiger partial charge in [-0.25, -0.2) is 9.59 Å². The van der Waals surface area contributed by atoms with Gasteiger partial charge < -0.3 is 34.5 Å². The minimum absolute atomic E-state index is 0.147. The molecule has 0 aromatic heterocycles. The molecule has 11 heteroatoms. The summed E-state index contributed by atoms with van der Waals surface area (Å²) < 4.78 is 26.1. The lowest BCUT2D eigenvalue weighted by Crippen LogP contribution is -2.42. The van der Waals surface area contributed by atoms with Crippen LogP contribution in [0.2, 0.25) is 0 Å². The van der Waals surface area contributed by atoms with E-state index in [2.05, 4.69) is 0 Å².